The topological polar surface area (TPSA) is 17.1 Å². The monoisotopic (exact) mass is 276 g/mol. The van der Waals surface area contributed by atoms with E-state index in [9.17, 15) is 9.18 Å². The van der Waals surface area contributed by atoms with Crippen molar-refractivity contribution in [2.45, 2.75) is 57.8 Å². The molecule has 1 aromatic carbocycles. The first kappa shape index (κ1) is 15.2. The predicted molar refractivity (Wildman–Crippen MR) is 80.2 cm³/mol. The van der Waals surface area contributed by atoms with Gasteiger partial charge in [0.25, 0.3) is 0 Å². The van der Waals surface area contributed by atoms with E-state index in [1.807, 2.05) is 0 Å². The molecule has 1 unspecified atom stereocenters. The molecule has 1 aromatic rings. The third-order valence-corrected chi connectivity index (χ3v) is 4.71. The maximum atomic E-state index is 12.9. The third-order valence-electron chi connectivity index (χ3n) is 4.71. The molecule has 0 bridgehead atoms. The average molecular weight is 276 g/mol. The second kappa shape index (κ2) is 7.56. The zero-order chi connectivity index (χ0) is 14.4. The van der Waals surface area contributed by atoms with Gasteiger partial charge in [-0.3, -0.25) is 0 Å². The van der Waals surface area contributed by atoms with Crippen molar-refractivity contribution in [2.75, 3.05) is 0 Å². The maximum Gasteiger partial charge on any atom is 0.127 e. The van der Waals surface area contributed by atoms with Gasteiger partial charge in [0, 0.05) is 5.92 Å². The van der Waals surface area contributed by atoms with Crippen LogP contribution in [0.15, 0.2) is 24.3 Å². The molecular formula is C18H25FO. The first-order valence-electron chi connectivity index (χ1n) is 7.93. The van der Waals surface area contributed by atoms with Crippen LogP contribution in [0.3, 0.4) is 0 Å². The highest BCUT2D eigenvalue weighted by Crippen LogP contribution is 2.36. The Labute approximate surface area is 121 Å². The van der Waals surface area contributed by atoms with Gasteiger partial charge < -0.3 is 4.79 Å². The van der Waals surface area contributed by atoms with E-state index in [4.69, 9.17) is 0 Å². The molecule has 0 saturated heterocycles. The standard InChI is InChI=1S/C18H25FO/c1-2-3-14-4-6-15(7-5-14)12-17(13-20)16-8-10-18(19)11-9-16/h8-11,13-15,17H,2-7,12H2,1H3. The van der Waals surface area contributed by atoms with Gasteiger partial charge in [0.2, 0.25) is 0 Å². The summed E-state index contributed by atoms with van der Waals surface area (Å²) in [5.74, 6) is 1.25. The van der Waals surface area contributed by atoms with Crippen molar-refractivity contribution in [3.8, 4) is 0 Å². The molecule has 0 spiro atoms. The Bertz CT molecular complexity index is 404. The van der Waals surface area contributed by atoms with Crippen LogP contribution >= 0.6 is 0 Å². The summed E-state index contributed by atoms with van der Waals surface area (Å²) in [7, 11) is 0. The fourth-order valence-corrected chi connectivity index (χ4v) is 3.50. The molecule has 1 saturated carbocycles. The van der Waals surface area contributed by atoms with Gasteiger partial charge in [0.1, 0.15) is 12.1 Å². The number of halogens is 1. The van der Waals surface area contributed by atoms with E-state index in [1.165, 1.54) is 50.7 Å². The molecule has 0 aromatic heterocycles. The Morgan fingerprint density at radius 3 is 2.30 bits per heavy atom. The van der Waals surface area contributed by atoms with E-state index in [1.54, 1.807) is 12.1 Å². The van der Waals surface area contributed by atoms with Gasteiger partial charge in [-0.15, -0.1) is 0 Å². The highest BCUT2D eigenvalue weighted by Gasteiger charge is 2.23. The van der Waals surface area contributed by atoms with Crippen LogP contribution in [0.2, 0.25) is 0 Å². The van der Waals surface area contributed by atoms with Crippen molar-refractivity contribution >= 4 is 6.29 Å². The average Bonchev–Trinajstić information content (AvgIpc) is 2.48. The predicted octanol–water partition coefficient (Wildman–Crippen LogP) is 5.10. The Hall–Kier alpha value is -1.18. The minimum Gasteiger partial charge on any atom is -0.303 e. The van der Waals surface area contributed by atoms with E-state index >= 15 is 0 Å². The Morgan fingerprint density at radius 1 is 1.15 bits per heavy atom. The second-order valence-corrected chi connectivity index (χ2v) is 6.21. The highest BCUT2D eigenvalue weighted by atomic mass is 19.1. The lowest BCUT2D eigenvalue weighted by molar-refractivity contribution is -0.109. The Balaban J connectivity index is 1.88. The van der Waals surface area contributed by atoms with Crippen LogP contribution in [0.5, 0.6) is 0 Å². The molecule has 1 aliphatic carbocycles. The van der Waals surface area contributed by atoms with Crippen molar-refractivity contribution < 1.29 is 9.18 Å². The first-order chi connectivity index (χ1) is 9.72. The zero-order valence-corrected chi connectivity index (χ0v) is 12.4. The van der Waals surface area contributed by atoms with Crippen LogP contribution < -0.4 is 0 Å². The van der Waals surface area contributed by atoms with Gasteiger partial charge in [0.15, 0.2) is 0 Å². The van der Waals surface area contributed by atoms with Crippen LogP contribution in [-0.2, 0) is 4.79 Å². The fraction of sp³-hybridized carbons (Fsp3) is 0.611. The van der Waals surface area contributed by atoms with Crippen molar-refractivity contribution in [1.82, 2.24) is 0 Å². The summed E-state index contributed by atoms with van der Waals surface area (Å²) in [6.07, 6.45) is 9.70. The summed E-state index contributed by atoms with van der Waals surface area (Å²) in [6, 6.07) is 6.39. The largest absolute Gasteiger partial charge is 0.303 e. The molecule has 1 atom stereocenters. The number of carbonyl (C=O) groups is 1. The van der Waals surface area contributed by atoms with E-state index in [-0.39, 0.29) is 11.7 Å². The minimum atomic E-state index is -0.238. The summed E-state index contributed by atoms with van der Waals surface area (Å²) in [5, 5.41) is 0. The van der Waals surface area contributed by atoms with Gasteiger partial charge in [0.05, 0.1) is 0 Å². The SMILES string of the molecule is CCCC1CCC(CC(C=O)c2ccc(F)cc2)CC1. The summed E-state index contributed by atoms with van der Waals surface area (Å²) < 4.78 is 12.9. The summed E-state index contributed by atoms with van der Waals surface area (Å²) in [6.45, 7) is 2.25. The van der Waals surface area contributed by atoms with E-state index in [0.717, 1.165) is 24.2 Å². The van der Waals surface area contributed by atoms with Gasteiger partial charge in [-0.05, 0) is 36.0 Å². The van der Waals surface area contributed by atoms with Crippen molar-refractivity contribution in [3.63, 3.8) is 0 Å². The maximum absolute atomic E-state index is 12.9. The van der Waals surface area contributed by atoms with Crippen LogP contribution in [0.25, 0.3) is 0 Å². The lowest BCUT2D eigenvalue weighted by atomic mass is 9.76. The third kappa shape index (κ3) is 4.16. The molecule has 1 aliphatic rings. The lowest BCUT2D eigenvalue weighted by Crippen LogP contribution is -2.17. The molecule has 1 fully saturated rings. The van der Waals surface area contributed by atoms with Crippen molar-refractivity contribution in [1.29, 1.82) is 0 Å². The first-order valence-corrected chi connectivity index (χ1v) is 7.93. The second-order valence-electron chi connectivity index (χ2n) is 6.21. The van der Waals surface area contributed by atoms with Crippen molar-refractivity contribution in [2.24, 2.45) is 11.8 Å². The molecular weight excluding hydrogens is 251 g/mol. The Morgan fingerprint density at radius 2 is 1.75 bits per heavy atom. The van der Waals surface area contributed by atoms with Crippen LogP contribution in [-0.4, -0.2) is 6.29 Å². The number of rotatable bonds is 6. The lowest BCUT2D eigenvalue weighted by Gasteiger charge is -2.29. The molecule has 0 aliphatic heterocycles. The summed E-state index contributed by atoms with van der Waals surface area (Å²) in [5.41, 5.74) is 0.956. The Kier molecular flexibility index (Phi) is 5.75. The molecule has 2 heteroatoms. The van der Waals surface area contributed by atoms with E-state index in [2.05, 4.69) is 6.92 Å². The van der Waals surface area contributed by atoms with Crippen molar-refractivity contribution in [3.05, 3.63) is 35.6 Å². The minimum absolute atomic E-state index is 0.0664. The van der Waals surface area contributed by atoms with Crippen LogP contribution in [0, 0.1) is 17.7 Å². The molecule has 0 radical (unpaired) electrons. The van der Waals surface area contributed by atoms with Crippen LogP contribution in [0.1, 0.15) is 63.4 Å². The molecule has 0 heterocycles. The molecule has 1 nitrogen and oxygen atoms in total. The summed E-state index contributed by atoms with van der Waals surface area (Å²) in [4.78, 5) is 11.3. The number of carbonyl (C=O) groups excluding carboxylic acids is 1. The number of hydrogen-bond donors (Lipinski definition) is 0. The molecule has 0 N–H and O–H groups in total. The smallest absolute Gasteiger partial charge is 0.127 e. The van der Waals surface area contributed by atoms with Gasteiger partial charge >= 0.3 is 0 Å². The molecule has 0 amide bonds. The normalized spacial score (nSPS) is 24.3. The van der Waals surface area contributed by atoms with Gasteiger partial charge in [-0.1, -0.05) is 57.6 Å². The number of hydrogen-bond acceptors (Lipinski definition) is 1. The van der Waals surface area contributed by atoms with Crippen LogP contribution in [0.4, 0.5) is 4.39 Å². The fourth-order valence-electron chi connectivity index (χ4n) is 3.50. The number of benzene rings is 1. The quantitative estimate of drug-likeness (QED) is 0.660. The van der Waals surface area contributed by atoms with Gasteiger partial charge in [-0.25, -0.2) is 4.39 Å². The van der Waals surface area contributed by atoms with Gasteiger partial charge in [-0.2, -0.15) is 0 Å². The van der Waals surface area contributed by atoms with E-state index in [0.29, 0.717) is 5.92 Å². The molecule has 110 valence electrons. The van der Waals surface area contributed by atoms with E-state index < -0.39 is 0 Å². The molecule has 2 rings (SSSR count). The zero-order valence-electron chi connectivity index (χ0n) is 12.4. The number of aldehydes is 1. The molecule has 20 heavy (non-hydrogen) atoms. The highest BCUT2D eigenvalue weighted by molar-refractivity contribution is 5.62. The summed E-state index contributed by atoms with van der Waals surface area (Å²) >= 11 is 0.